The normalized spacial score (nSPS) is 10.6. The van der Waals surface area contributed by atoms with Crippen LogP contribution in [-0.2, 0) is 24.4 Å². The van der Waals surface area contributed by atoms with Crippen LogP contribution in [0.2, 0.25) is 0 Å². The minimum Gasteiger partial charge on any atom is -0.380 e. The van der Waals surface area contributed by atoms with Crippen LogP contribution in [0.15, 0.2) is 47.2 Å². The van der Waals surface area contributed by atoms with Gasteiger partial charge in [0.1, 0.15) is 0 Å². The molecule has 0 aliphatic carbocycles. The molecule has 0 atom stereocenters. The lowest BCUT2D eigenvalue weighted by molar-refractivity contribution is 0.185. The zero-order valence-corrected chi connectivity index (χ0v) is 12.5. The molecule has 0 spiro atoms. The summed E-state index contributed by atoms with van der Waals surface area (Å²) >= 11 is 3.42. The summed E-state index contributed by atoms with van der Waals surface area (Å²) in [5, 5.41) is 3.41. The highest BCUT2D eigenvalue weighted by atomic mass is 79.9. The first-order valence-corrected chi connectivity index (χ1v) is 6.94. The van der Waals surface area contributed by atoms with E-state index in [1.807, 2.05) is 6.20 Å². The molecule has 0 bridgehead atoms. The molecule has 0 fully saturated rings. The Labute approximate surface area is 122 Å². The van der Waals surface area contributed by atoms with Gasteiger partial charge in [-0.15, -0.1) is 0 Å². The quantitative estimate of drug-likeness (QED) is 0.887. The number of rotatable bonds is 6. The third kappa shape index (κ3) is 4.74. The maximum Gasteiger partial charge on any atom is 0.0713 e. The summed E-state index contributed by atoms with van der Waals surface area (Å²) in [5.74, 6) is 0. The average Bonchev–Trinajstić information content (AvgIpc) is 2.40. The highest BCUT2D eigenvalue weighted by Crippen LogP contribution is 2.10. The molecule has 0 unspecified atom stereocenters. The molecule has 1 N–H and O–H groups in total. The molecule has 19 heavy (non-hydrogen) atoms. The molecule has 2 rings (SSSR count). The number of pyridine rings is 1. The fraction of sp³-hybridized carbons (Fsp3) is 0.267. The topological polar surface area (TPSA) is 34.1 Å². The van der Waals surface area contributed by atoms with Crippen LogP contribution in [0.4, 0.5) is 0 Å². The Morgan fingerprint density at radius 1 is 1.11 bits per heavy atom. The second-order valence-electron chi connectivity index (χ2n) is 4.37. The molecule has 3 nitrogen and oxygen atoms in total. The van der Waals surface area contributed by atoms with E-state index in [1.165, 1.54) is 16.7 Å². The fourth-order valence-electron chi connectivity index (χ4n) is 1.90. The maximum atomic E-state index is 5.14. The van der Waals surface area contributed by atoms with Crippen LogP contribution >= 0.6 is 15.9 Å². The van der Waals surface area contributed by atoms with Gasteiger partial charge in [-0.2, -0.15) is 0 Å². The van der Waals surface area contributed by atoms with Crippen LogP contribution in [0.3, 0.4) is 0 Å². The Balaban J connectivity index is 1.87. The van der Waals surface area contributed by atoms with E-state index in [-0.39, 0.29) is 0 Å². The average molecular weight is 321 g/mol. The van der Waals surface area contributed by atoms with Crippen molar-refractivity contribution in [3.63, 3.8) is 0 Å². The Bertz CT molecular complexity index is 531. The molecular weight excluding hydrogens is 304 g/mol. The maximum absolute atomic E-state index is 5.14. The number of benzene rings is 1. The minimum atomic E-state index is 0.656. The van der Waals surface area contributed by atoms with Crippen molar-refractivity contribution in [2.75, 3.05) is 7.11 Å². The van der Waals surface area contributed by atoms with Gasteiger partial charge in [-0.05, 0) is 38.7 Å². The van der Waals surface area contributed by atoms with E-state index >= 15 is 0 Å². The lowest BCUT2D eigenvalue weighted by Gasteiger charge is -2.07. The van der Waals surface area contributed by atoms with Gasteiger partial charge in [0, 0.05) is 37.1 Å². The van der Waals surface area contributed by atoms with E-state index in [2.05, 4.69) is 56.6 Å². The van der Waals surface area contributed by atoms with E-state index in [9.17, 15) is 0 Å². The van der Waals surface area contributed by atoms with Gasteiger partial charge in [0.05, 0.1) is 6.61 Å². The predicted octanol–water partition coefficient (Wildman–Crippen LogP) is 3.28. The van der Waals surface area contributed by atoms with Gasteiger partial charge in [-0.3, -0.25) is 4.98 Å². The van der Waals surface area contributed by atoms with Crippen LogP contribution in [0.1, 0.15) is 16.7 Å². The van der Waals surface area contributed by atoms with Crippen molar-refractivity contribution < 1.29 is 4.74 Å². The first kappa shape index (κ1) is 14.2. The Kier molecular flexibility index (Phi) is 5.51. The van der Waals surface area contributed by atoms with Crippen molar-refractivity contribution in [3.05, 3.63) is 63.9 Å². The van der Waals surface area contributed by atoms with Crippen molar-refractivity contribution in [2.45, 2.75) is 19.7 Å². The monoisotopic (exact) mass is 320 g/mol. The highest BCUT2D eigenvalue weighted by molar-refractivity contribution is 9.10. The minimum absolute atomic E-state index is 0.656. The van der Waals surface area contributed by atoms with Crippen LogP contribution in [-0.4, -0.2) is 12.1 Å². The second kappa shape index (κ2) is 7.38. The number of methoxy groups -OCH3 is 1. The number of nitrogens with zero attached hydrogens (tertiary/aromatic N) is 1. The Morgan fingerprint density at radius 2 is 1.89 bits per heavy atom. The Hall–Kier alpha value is -1.23. The largest absolute Gasteiger partial charge is 0.380 e. The van der Waals surface area contributed by atoms with Gasteiger partial charge >= 0.3 is 0 Å². The SMILES string of the molecule is COCc1cccc(CNCc2cncc(Br)c2)c1. The standard InChI is InChI=1S/C15H17BrN2O/c1-19-11-13-4-2-3-12(5-13)7-17-8-14-6-15(16)10-18-9-14/h2-6,9-10,17H,7-8,11H2,1H3. The van der Waals surface area contributed by atoms with E-state index in [1.54, 1.807) is 13.3 Å². The second-order valence-corrected chi connectivity index (χ2v) is 5.28. The third-order valence-electron chi connectivity index (χ3n) is 2.72. The van der Waals surface area contributed by atoms with Gasteiger partial charge in [-0.25, -0.2) is 0 Å². The van der Waals surface area contributed by atoms with Gasteiger partial charge < -0.3 is 10.1 Å². The molecule has 0 saturated carbocycles. The zero-order valence-electron chi connectivity index (χ0n) is 10.9. The number of nitrogens with one attached hydrogen (secondary N) is 1. The molecule has 0 aliphatic heterocycles. The van der Waals surface area contributed by atoms with Crippen LogP contribution in [0.25, 0.3) is 0 Å². The fourth-order valence-corrected chi connectivity index (χ4v) is 2.31. The van der Waals surface area contributed by atoms with E-state index in [4.69, 9.17) is 4.74 Å². The summed E-state index contributed by atoms with van der Waals surface area (Å²) < 4.78 is 6.14. The van der Waals surface area contributed by atoms with Crippen molar-refractivity contribution in [3.8, 4) is 0 Å². The third-order valence-corrected chi connectivity index (χ3v) is 3.16. The first-order chi connectivity index (χ1) is 9.28. The van der Waals surface area contributed by atoms with Gasteiger partial charge in [0.15, 0.2) is 0 Å². The highest BCUT2D eigenvalue weighted by Gasteiger charge is 1.98. The summed E-state index contributed by atoms with van der Waals surface area (Å²) in [7, 11) is 1.71. The molecule has 1 heterocycles. The summed E-state index contributed by atoms with van der Waals surface area (Å²) in [6.07, 6.45) is 3.66. The van der Waals surface area contributed by atoms with E-state index in [0.29, 0.717) is 6.61 Å². The summed E-state index contributed by atoms with van der Waals surface area (Å²) in [4.78, 5) is 4.14. The van der Waals surface area contributed by atoms with Gasteiger partial charge in [0.2, 0.25) is 0 Å². The smallest absolute Gasteiger partial charge is 0.0713 e. The molecular formula is C15H17BrN2O. The number of hydrogen-bond acceptors (Lipinski definition) is 3. The molecule has 0 saturated heterocycles. The molecule has 0 aliphatic rings. The number of aromatic nitrogens is 1. The number of hydrogen-bond donors (Lipinski definition) is 1. The zero-order chi connectivity index (χ0) is 13.5. The molecule has 4 heteroatoms. The molecule has 100 valence electrons. The number of halogens is 1. The number of ether oxygens (including phenoxy) is 1. The van der Waals surface area contributed by atoms with Gasteiger partial charge in [-0.1, -0.05) is 24.3 Å². The summed E-state index contributed by atoms with van der Waals surface area (Å²) in [6, 6.07) is 10.5. The molecule has 0 amide bonds. The van der Waals surface area contributed by atoms with Crippen molar-refractivity contribution in [1.82, 2.24) is 10.3 Å². The molecule has 2 aromatic rings. The lowest BCUT2D eigenvalue weighted by atomic mass is 10.1. The Morgan fingerprint density at radius 3 is 2.68 bits per heavy atom. The van der Waals surface area contributed by atoms with Crippen LogP contribution in [0, 0.1) is 0 Å². The van der Waals surface area contributed by atoms with Crippen molar-refractivity contribution in [2.24, 2.45) is 0 Å². The molecule has 0 radical (unpaired) electrons. The molecule has 1 aromatic carbocycles. The first-order valence-electron chi connectivity index (χ1n) is 6.15. The summed E-state index contributed by atoms with van der Waals surface area (Å²) in [6.45, 7) is 2.30. The predicted molar refractivity (Wildman–Crippen MR) is 79.6 cm³/mol. The van der Waals surface area contributed by atoms with E-state index < -0.39 is 0 Å². The van der Waals surface area contributed by atoms with Crippen molar-refractivity contribution >= 4 is 15.9 Å². The summed E-state index contributed by atoms with van der Waals surface area (Å²) in [5.41, 5.74) is 3.63. The van der Waals surface area contributed by atoms with E-state index in [0.717, 1.165) is 17.6 Å². The van der Waals surface area contributed by atoms with Crippen LogP contribution < -0.4 is 5.32 Å². The lowest BCUT2D eigenvalue weighted by Crippen LogP contribution is -2.13. The van der Waals surface area contributed by atoms with Crippen LogP contribution in [0.5, 0.6) is 0 Å². The van der Waals surface area contributed by atoms with Gasteiger partial charge in [0.25, 0.3) is 0 Å². The van der Waals surface area contributed by atoms with Crippen molar-refractivity contribution in [1.29, 1.82) is 0 Å². The molecule has 1 aromatic heterocycles.